The van der Waals surface area contributed by atoms with Gasteiger partial charge in [-0.3, -0.25) is 4.98 Å². The number of carbonyl (C=O) groups is 1. The zero-order valence-corrected chi connectivity index (χ0v) is 11.5. The maximum absolute atomic E-state index is 11.8. The van der Waals surface area contributed by atoms with Gasteiger partial charge in [0.1, 0.15) is 5.71 Å². The van der Waals surface area contributed by atoms with Gasteiger partial charge in [0.05, 0.1) is 17.1 Å². The summed E-state index contributed by atoms with van der Waals surface area (Å²) in [5.41, 5.74) is 1.61. The van der Waals surface area contributed by atoms with E-state index in [-0.39, 0.29) is 5.91 Å². The van der Waals surface area contributed by atoms with Gasteiger partial charge in [-0.05, 0) is 18.1 Å². The molecule has 1 atom stereocenters. The maximum Gasteiger partial charge on any atom is 0.339 e. The predicted octanol–water partition coefficient (Wildman–Crippen LogP) is 1.06. The van der Waals surface area contributed by atoms with Gasteiger partial charge in [0.25, 0.3) is 0 Å². The number of amides is 1. The molecule has 1 aliphatic rings. The first-order valence-corrected chi connectivity index (χ1v) is 6.62. The van der Waals surface area contributed by atoms with Crippen LogP contribution in [-0.2, 0) is 4.79 Å². The molecule has 0 aromatic carbocycles. The summed E-state index contributed by atoms with van der Waals surface area (Å²) in [4.78, 5) is 16.0. The number of halogens is 1. The molecule has 1 unspecified atom stereocenters. The molecule has 5 heteroatoms. The van der Waals surface area contributed by atoms with Gasteiger partial charge in [-0.15, -0.1) is 5.01 Å². The maximum atomic E-state index is 11.8. The number of hydrogen-bond donors (Lipinski definition) is 1. The van der Waals surface area contributed by atoms with Crippen molar-refractivity contribution in [1.82, 2.24) is 4.98 Å². The van der Waals surface area contributed by atoms with Crippen molar-refractivity contribution in [2.75, 3.05) is 6.54 Å². The molecule has 0 saturated carbocycles. The number of nitrogens with one attached hydrogen (secondary N) is 1. The van der Waals surface area contributed by atoms with Gasteiger partial charge in [-0.25, -0.2) is 4.79 Å². The van der Waals surface area contributed by atoms with Crippen LogP contribution in [-0.4, -0.2) is 23.1 Å². The molecule has 19 heavy (non-hydrogen) atoms. The molecule has 1 amide bonds. The monoisotopic (exact) mass is 276 g/mol. The lowest BCUT2D eigenvalue weighted by Gasteiger charge is -2.15. The zero-order chi connectivity index (χ0) is 13.7. The Bertz CT molecular complexity index is 554. The van der Waals surface area contributed by atoms with Gasteiger partial charge < -0.3 is 0 Å². The molecule has 2 heterocycles. The van der Waals surface area contributed by atoms with E-state index in [1.54, 1.807) is 12.3 Å². The highest BCUT2D eigenvalue weighted by atomic mass is 35.5. The molecular formula is C14H15ClN3O+. The van der Waals surface area contributed by atoms with Crippen molar-refractivity contribution in [2.24, 2.45) is 5.10 Å². The fraction of sp³-hybridized carbons (Fsp3) is 0.357. The van der Waals surface area contributed by atoms with Crippen molar-refractivity contribution in [3.8, 4) is 11.8 Å². The average molecular weight is 277 g/mol. The first-order valence-electron chi connectivity index (χ1n) is 6.25. The van der Waals surface area contributed by atoms with Gasteiger partial charge in [0, 0.05) is 19.0 Å². The van der Waals surface area contributed by atoms with Crippen LogP contribution in [0.3, 0.4) is 0 Å². The second-order valence-electron chi connectivity index (χ2n) is 4.17. The molecule has 0 aliphatic carbocycles. The summed E-state index contributed by atoms with van der Waals surface area (Å²) in [5, 5.41) is 5.54. The molecule has 1 N–H and O–H groups in total. The SMILES string of the molecule is CCC#CC[NH+]1N=C(c2ccc(Cl)cn2)CCC1=O. The van der Waals surface area contributed by atoms with Crippen molar-refractivity contribution in [2.45, 2.75) is 26.2 Å². The lowest BCUT2D eigenvalue weighted by molar-refractivity contribution is -0.821. The fourth-order valence-electron chi connectivity index (χ4n) is 1.80. The fourth-order valence-corrected chi connectivity index (χ4v) is 1.91. The second-order valence-corrected chi connectivity index (χ2v) is 4.61. The summed E-state index contributed by atoms with van der Waals surface area (Å²) in [6, 6.07) is 3.60. The van der Waals surface area contributed by atoms with E-state index in [2.05, 4.69) is 21.9 Å². The largest absolute Gasteiger partial charge is 0.339 e. The minimum atomic E-state index is 0.0862. The Balaban J connectivity index is 2.18. The molecule has 0 radical (unpaired) electrons. The summed E-state index contributed by atoms with van der Waals surface area (Å²) in [6.07, 6.45) is 3.48. The van der Waals surface area contributed by atoms with Crippen LogP contribution >= 0.6 is 11.6 Å². The first-order chi connectivity index (χ1) is 9.20. The Morgan fingerprint density at radius 2 is 2.21 bits per heavy atom. The summed E-state index contributed by atoms with van der Waals surface area (Å²) >= 11 is 5.81. The Labute approximate surface area is 117 Å². The molecule has 0 bridgehead atoms. The Morgan fingerprint density at radius 3 is 2.89 bits per heavy atom. The topological polar surface area (TPSA) is 46.8 Å². The molecule has 4 nitrogen and oxygen atoms in total. The third-order valence-electron chi connectivity index (χ3n) is 2.76. The van der Waals surface area contributed by atoms with Crippen LogP contribution in [0.25, 0.3) is 0 Å². The minimum absolute atomic E-state index is 0.0862. The van der Waals surface area contributed by atoms with Gasteiger partial charge in [0.2, 0.25) is 0 Å². The average Bonchev–Trinajstić information content (AvgIpc) is 2.42. The third kappa shape index (κ3) is 3.63. The third-order valence-corrected chi connectivity index (χ3v) is 2.98. The summed E-state index contributed by atoms with van der Waals surface area (Å²) in [5.74, 6) is 6.00. The molecule has 0 fully saturated rings. The molecule has 1 aliphatic heterocycles. The van der Waals surface area contributed by atoms with Crippen molar-refractivity contribution < 1.29 is 9.80 Å². The number of rotatable bonds is 2. The van der Waals surface area contributed by atoms with Gasteiger partial charge in [-0.1, -0.05) is 29.5 Å². The second kappa shape index (κ2) is 6.46. The normalized spacial score (nSPS) is 18.5. The van der Waals surface area contributed by atoms with Crippen LogP contribution in [0.4, 0.5) is 0 Å². The van der Waals surface area contributed by atoms with Crippen LogP contribution in [0.15, 0.2) is 23.4 Å². The van der Waals surface area contributed by atoms with Crippen LogP contribution in [0.1, 0.15) is 31.9 Å². The predicted molar refractivity (Wildman–Crippen MR) is 73.9 cm³/mol. The summed E-state index contributed by atoms with van der Waals surface area (Å²) < 4.78 is 0. The van der Waals surface area contributed by atoms with Crippen LogP contribution in [0.2, 0.25) is 5.02 Å². The van der Waals surface area contributed by atoms with Gasteiger partial charge in [-0.2, -0.15) is 0 Å². The van der Waals surface area contributed by atoms with E-state index in [9.17, 15) is 4.79 Å². The number of pyridine rings is 1. The molecule has 98 valence electrons. The standard InChI is InChI=1S/C14H14ClN3O/c1-2-3-4-9-18-14(19)8-7-13(17-18)12-6-5-11(15)10-16-12/h5-6,10H,2,7-9H2,1H3/p+1. The van der Waals surface area contributed by atoms with E-state index >= 15 is 0 Å². The number of nitrogens with zero attached hydrogens (tertiary/aromatic N) is 2. The Hall–Kier alpha value is -1.70. The van der Waals surface area contributed by atoms with E-state index < -0.39 is 0 Å². The number of hydrogen-bond acceptors (Lipinski definition) is 3. The van der Waals surface area contributed by atoms with Gasteiger partial charge in [0.15, 0.2) is 6.54 Å². The van der Waals surface area contributed by atoms with E-state index in [0.717, 1.165) is 17.8 Å². The van der Waals surface area contributed by atoms with Crippen molar-refractivity contribution in [1.29, 1.82) is 0 Å². The number of quaternary nitrogens is 1. The highest BCUT2D eigenvalue weighted by Gasteiger charge is 2.26. The highest BCUT2D eigenvalue weighted by molar-refractivity contribution is 6.30. The van der Waals surface area contributed by atoms with Crippen molar-refractivity contribution in [3.63, 3.8) is 0 Å². The molecule has 0 spiro atoms. The molecule has 0 saturated heterocycles. The molecule has 1 aromatic rings. The lowest BCUT2D eigenvalue weighted by Crippen LogP contribution is -3.11. The van der Waals surface area contributed by atoms with Crippen LogP contribution < -0.4 is 5.01 Å². The van der Waals surface area contributed by atoms with Gasteiger partial charge >= 0.3 is 5.91 Å². The number of carbonyl (C=O) groups excluding carboxylic acids is 1. The van der Waals surface area contributed by atoms with E-state index in [1.807, 2.05) is 13.0 Å². The molecule has 2 rings (SSSR count). The Morgan fingerprint density at radius 1 is 1.37 bits per heavy atom. The minimum Gasteiger partial charge on any atom is -0.253 e. The van der Waals surface area contributed by atoms with Crippen LogP contribution in [0.5, 0.6) is 0 Å². The van der Waals surface area contributed by atoms with Crippen molar-refractivity contribution in [3.05, 3.63) is 29.0 Å². The first kappa shape index (κ1) is 13.7. The van der Waals surface area contributed by atoms with E-state index in [1.165, 1.54) is 0 Å². The zero-order valence-electron chi connectivity index (χ0n) is 10.7. The van der Waals surface area contributed by atoms with Crippen LogP contribution in [0, 0.1) is 11.8 Å². The smallest absolute Gasteiger partial charge is 0.253 e. The lowest BCUT2D eigenvalue weighted by atomic mass is 10.1. The highest BCUT2D eigenvalue weighted by Crippen LogP contribution is 2.10. The summed E-state index contributed by atoms with van der Waals surface area (Å²) in [7, 11) is 0. The summed E-state index contributed by atoms with van der Waals surface area (Å²) in [6.45, 7) is 2.40. The molecular weight excluding hydrogens is 262 g/mol. The van der Waals surface area contributed by atoms with E-state index in [4.69, 9.17) is 11.6 Å². The molecule has 1 aromatic heterocycles. The Kier molecular flexibility index (Phi) is 4.67. The van der Waals surface area contributed by atoms with Crippen molar-refractivity contribution >= 4 is 23.2 Å². The van der Waals surface area contributed by atoms with E-state index in [0.29, 0.717) is 29.4 Å². The quantitative estimate of drug-likeness (QED) is 0.821. The number of aromatic nitrogens is 1.